The van der Waals surface area contributed by atoms with Crippen LogP contribution in [0.25, 0.3) is 0 Å². The molecule has 204 valence electrons. The Hall–Kier alpha value is -3.58. The summed E-state index contributed by atoms with van der Waals surface area (Å²) < 4.78 is 0. The van der Waals surface area contributed by atoms with Gasteiger partial charge < -0.3 is 44.0 Å². The maximum Gasteiger partial charge on any atom is 0.326 e. The van der Waals surface area contributed by atoms with E-state index in [0.717, 1.165) is 32.2 Å². The van der Waals surface area contributed by atoms with E-state index in [1.807, 2.05) is 0 Å². The minimum Gasteiger partial charge on any atom is -0.480 e. The van der Waals surface area contributed by atoms with Gasteiger partial charge in [-0.05, 0) is 38.5 Å². The molecule has 14 nitrogen and oxygen atoms in total. The number of hydrogen-bond acceptors (Lipinski definition) is 9. The van der Waals surface area contributed by atoms with Crippen LogP contribution in [0, 0.1) is 0 Å². The van der Waals surface area contributed by atoms with E-state index in [1.54, 1.807) is 0 Å². The molecule has 14 heteroatoms. The van der Waals surface area contributed by atoms with Crippen molar-refractivity contribution in [3.05, 3.63) is 0 Å². The van der Waals surface area contributed by atoms with E-state index >= 15 is 0 Å². The summed E-state index contributed by atoms with van der Waals surface area (Å²) in [5, 5.41) is 19.0. The van der Waals surface area contributed by atoms with Crippen molar-refractivity contribution >= 4 is 35.7 Å². The molecule has 0 aliphatic heterocycles. The van der Waals surface area contributed by atoms with Crippen molar-refractivity contribution in [3.8, 4) is 0 Å². The van der Waals surface area contributed by atoms with Crippen LogP contribution < -0.4 is 38.9 Å². The van der Waals surface area contributed by atoms with Crippen LogP contribution in [-0.4, -0.2) is 70.2 Å². The number of unbranched alkanes of at least 4 members (excludes halogenated alkanes) is 6. The molecule has 1 rings (SSSR count). The average molecular weight is 509 g/mol. The Kier molecular flexibility index (Phi) is 15.8. The van der Waals surface area contributed by atoms with Gasteiger partial charge in [0.25, 0.3) is 0 Å². The van der Waals surface area contributed by atoms with E-state index in [9.17, 15) is 9.90 Å². The lowest BCUT2D eigenvalue weighted by Crippen LogP contribution is -2.30. The molecule has 0 saturated heterocycles. The highest BCUT2D eigenvalue weighted by Gasteiger charge is 2.19. The van der Waals surface area contributed by atoms with Crippen LogP contribution in [0.5, 0.6) is 0 Å². The summed E-state index contributed by atoms with van der Waals surface area (Å²) in [6, 6.07) is -0.860. The van der Waals surface area contributed by atoms with Crippen molar-refractivity contribution in [2.24, 2.45) is 32.9 Å². The number of carbonyl (C=O) groups is 1. The summed E-state index contributed by atoms with van der Waals surface area (Å²) in [6.45, 7) is 4.50. The molecular weight excluding hydrogens is 464 g/mol. The van der Waals surface area contributed by atoms with E-state index in [4.69, 9.17) is 22.9 Å². The fourth-order valence-electron chi connectivity index (χ4n) is 3.25. The number of hydrogen-bond donors (Lipinski definition) is 8. The van der Waals surface area contributed by atoms with Crippen LogP contribution in [0.1, 0.15) is 71.1 Å². The van der Waals surface area contributed by atoms with Crippen molar-refractivity contribution in [2.75, 3.05) is 42.1 Å². The van der Waals surface area contributed by atoms with Gasteiger partial charge in [-0.1, -0.05) is 32.6 Å². The maximum atomic E-state index is 11.8. The zero-order chi connectivity index (χ0) is 26.6. The van der Waals surface area contributed by atoms with Crippen molar-refractivity contribution in [2.45, 2.75) is 77.2 Å². The predicted octanol–water partition coefficient (Wildman–Crippen LogP) is 1.03. The number of guanidine groups is 2. The van der Waals surface area contributed by atoms with Gasteiger partial charge in [0.1, 0.15) is 6.04 Å². The molecule has 1 aromatic heterocycles. The molecule has 1 aromatic rings. The van der Waals surface area contributed by atoms with E-state index in [1.165, 1.54) is 19.3 Å². The number of nitrogens with two attached hydrogens (primary N) is 4. The van der Waals surface area contributed by atoms with Gasteiger partial charge in [0.2, 0.25) is 17.8 Å². The summed E-state index contributed by atoms with van der Waals surface area (Å²) >= 11 is 0. The molecule has 0 aromatic carbocycles. The van der Waals surface area contributed by atoms with E-state index in [-0.39, 0.29) is 17.9 Å². The third kappa shape index (κ3) is 15.3. The number of nitrogens with one attached hydrogen (secondary N) is 3. The van der Waals surface area contributed by atoms with Crippen LogP contribution >= 0.6 is 0 Å². The van der Waals surface area contributed by atoms with Crippen molar-refractivity contribution in [3.63, 3.8) is 0 Å². The second-order valence-corrected chi connectivity index (χ2v) is 8.43. The summed E-state index contributed by atoms with van der Waals surface area (Å²) in [5.41, 5.74) is 21.3. The Balaban J connectivity index is 2.76. The molecule has 12 N–H and O–H groups in total. The number of nitrogens with zero attached hydrogens (tertiary/aromatic N) is 5. The predicted molar refractivity (Wildman–Crippen MR) is 145 cm³/mol. The topological polar surface area (TPSA) is 241 Å². The maximum absolute atomic E-state index is 11.8. The lowest BCUT2D eigenvalue weighted by Gasteiger charge is -2.16. The molecule has 1 atom stereocenters. The number of carboxylic acid groups (broad SMARTS) is 1. The average Bonchev–Trinajstić information content (AvgIpc) is 2.82. The number of anilines is 3. The van der Waals surface area contributed by atoms with Crippen LogP contribution in [0.15, 0.2) is 9.98 Å². The molecular formula is C22H44N12O2. The first-order chi connectivity index (χ1) is 17.3. The van der Waals surface area contributed by atoms with Gasteiger partial charge in [-0.25, -0.2) is 4.79 Å². The molecule has 0 radical (unpaired) electrons. The Bertz CT molecular complexity index is 810. The fourth-order valence-corrected chi connectivity index (χ4v) is 3.25. The van der Waals surface area contributed by atoms with Crippen LogP contribution in [0.4, 0.5) is 17.8 Å². The van der Waals surface area contributed by atoms with Crippen molar-refractivity contribution < 1.29 is 9.90 Å². The van der Waals surface area contributed by atoms with Crippen LogP contribution in [0.2, 0.25) is 0 Å². The fraction of sp³-hybridized carbons (Fsp3) is 0.727. The number of aliphatic carboxylic acids is 1. The molecule has 0 saturated carbocycles. The molecule has 1 heterocycles. The van der Waals surface area contributed by atoms with Crippen molar-refractivity contribution in [1.82, 2.24) is 15.0 Å². The first-order valence-corrected chi connectivity index (χ1v) is 12.7. The largest absolute Gasteiger partial charge is 0.480 e. The summed E-state index contributed by atoms with van der Waals surface area (Å²) in [6.07, 6.45) is 8.98. The first-order valence-electron chi connectivity index (χ1n) is 12.7. The minimum atomic E-state index is -0.989. The van der Waals surface area contributed by atoms with Gasteiger partial charge in [0, 0.05) is 26.2 Å². The third-order valence-electron chi connectivity index (χ3n) is 5.16. The molecule has 0 fully saturated rings. The van der Waals surface area contributed by atoms with E-state index in [0.29, 0.717) is 50.8 Å². The Morgan fingerprint density at radius 2 is 1.28 bits per heavy atom. The zero-order valence-corrected chi connectivity index (χ0v) is 21.4. The van der Waals surface area contributed by atoms with E-state index < -0.39 is 12.0 Å². The van der Waals surface area contributed by atoms with Gasteiger partial charge >= 0.3 is 5.97 Å². The highest BCUT2D eigenvalue weighted by molar-refractivity contribution is 5.77. The second kappa shape index (κ2) is 18.7. The van der Waals surface area contributed by atoms with E-state index in [2.05, 4.69) is 47.8 Å². The molecule has 0 aliphatic rings. The molecule has 0 bridgehead atoms. The molecule has 0 spiro atoms. The van der Waals surface area contributed by atoms with Gasteiger partial charge in [0.05, 0.1) is 0 Å². The second-order valence-electron chi connectivity index (χ2n) is 8.43. The van der Waals surface area contributed by atoms with Crippen LogP contribution in [-0.2, 0) is 4.79 Å². The lowest BCUT2D eigenvalue weighted by molar-refractivity contribution is -0.138. The molecule has 0 amide bonds. The minimum absolute atomic E-state index is 0.0229. The highest BCUT2D eigenvalue weighted by Crippen LogP contribution is 2.14. The normalized spacial score (nSPS) is 11.4. The van der Waals surface area contributed by atoms with Gasteiger partial charge in [-0.3, -0.25) is 9.98 Å². The Morgan fingerprint density at radius 1 is 0.778 bits per heavy atom. The number of rotatable bonds is 21. The van der Waals surface area contributed by atoms with Gasteiger partial charge in [-0.15, -0.1) is 0 Å². The first kappa shape index (κ1) is 30.5. The molecule has 36 heavy (non-hydrogen) atoms. The highest BCUT2D eigenvalue weighted by atomic mass is 16.4. The molecule has 0 aliphatic carbocycles. The summed E-state index contributed by atoms with van der Waals surface area (Å²) in [5.74, 6) is 0.0539. The van der Waals surface area contributed by atoms with Crippen LogP contribution in [0.3, 0.4) is 0 Å². The Labute approximate surface area is 213 Å². The monoisotopic (exact) mass is 508 g/mol. The summed E-state index contributed by atoms with van der Waals surface area (Å²) in [7, 11) is 0. The standard InChI is InChI=1S/C22H44N12O2/c1-2-3-4-5-7-14-29-20-32-21(30-15-10-9-13-28-19(25)26)34-22(33-20)31-16(17(35)36)11-6-8-12-27-18(23)24/h16H,2-15H2,1H3,(H,35,36)(H4,23,24,27)(H4,25,26,28)(H3,29,30,31,32,33,34). The quantitative estimate of drug-likeness (QED) is 0.0659. The molecule has 1 unspecified atom stereocenters. The third-order valence-corrected chi connectivity index (χ3v) is 5.16. The lowest BCUT2D eigenvalue weighted by atomic mass is 10.1. The van der Waals surface area contributed by atoms with Gasteiger partial charge in [0.15, 0.2) is 11.9 Å². The SMILES string of the molecule is CCCCCCCNc1nc(NCCCCN=C(N)N)nc(NC(CCCCN=C(N)N)C(=O)O)n1. The Morgan fingerprint density at radius 3 is 1.81 bits per heavy atom. The number of carboxylic acids is 1. The number of aromatic nitrogens is 3. The number of aliphatic imine (C=N–C) groups is 2. The van der Waals surface area contributed by atoms with Gasteiger partial charge in [-0.2, -0.15) is 15.0 Å². The van der Waals surface area contributed by atoms with Crippen molar-refractivity contribution in [1.29, 1.82) is 0 Å². The summed E-state index contributed by atoms with van der Waals surface area (Å²) in [4.78, 5) is 32.9. The zero-order valence-electron chi connectivity index (χ0n) is 21.4. The smallest absolute Gasteiger partial charge is 0.326 e.